The largest absolute Gasteiger partial charge is 0.207 e. The fourth-order valence-corrected chi connectivity index (χ4v) is 4.03. The van der Waals surface area contributed by atoms with E-state index in [-0.39, 0.29) is 10.6 Å². The maximum Gasteiger partial charge on any atom is 0.124 e. The predicted octanol–water partition coefficient (Wildman–Crippen LogP) is 6.23. The molecule has 0 heterocycles. The third kappa shape index (κ3) is 2.52. The van der Waals surface area contributed by atoms with E-state index >= 15 is 0 Å². The molecule has 100 valence electrons. The van der Waals surface area contributed by atoms with Crippen LogP contribution in [0.2, 0.25) is 0 Å². The molecule has 0 bridgehead atoms. The van der Waals surface area contributed by atoms with Crippen LogP contribution in [0.1, 0.15) is 16.0 Å². The van der Waals surface area contributed by atoms with Crippen molar-refractivity contribution in [3.8, 4) is 0 Å². The summed E-state index contributed by atoms with van der Waals surface area (Å²) in [6.07, 6.45) is 0. The van der Waals surface area contributed by atoms with E-state index in [1.165, 1.54) is 28.5 Å². The third-order valence-electron chi connectivity index (χ3n) is 3.33. The maximum absolute atomic E-state index is 13.2. The van der Waals surface area contributed by atoms with E-state index in [4.69, 9.17) is 0 Å². The molecule has 0 aliphatic rings. The Balaban J connectivity index is 2.15. The zero-order valence-electron chi connectivity index (χ0n) is 10.5. The molecule has 1 atom stereocenters. The van der Waals surface area contributed by atoms with E-state index in [9.17, 15) is 4.39 Å². The first kappa shape index (κ1) is 13.8. The van der Waals surface area contributed by atoms with Gasteiger partial charge in [0, 0.05) is 4.47 Å². The van der Waals surface area contributed by atoms with Gasteiger partial charge in [0.25, 0.3) is 0 Å². The summed E-state index contributed by atoms with van der Waals surface area (Å²) < 4.78 is 14.0. The van der Waals surface area contributed by atoms with Gasteiger partial charge in [-0.05, 0) is 34.0 Å². The molecule has 3 heteroatoms. The van der Waals surface area contributed by atoms with Crippen LogP contribution in [-0.2, 0) is 0 Å². The van der Waals surface area contributed by atoms with Gasteiger partial charge in [-0.15, -0.1) is 0 Å². The van der Waals surface area contributed by atoms with Gasteiger partial charge in [-0.25, -0.2) is 4.39 Å². The van der Waals surface area contributed by atoms with Crippen LogP contribution < -0.4 is 0 Å². The zero-order chi connectivity index (χ0) is 14.1. The number of hydrogen-bond donors (Lipinski definition) is 0. The molecule has 3 aromatic carbocycles. The second kappa shape index (κ2) is 5.66. The van der Waals surface area contributed by atoms with Crippen molar-refractivity contribution in [1.29, 1.82) is 0 Å². The molecule has 20 heavy (non-hydrogen) atoms. The number of hydrogen-bond acceptors (Lipinski definition) is 0. The van der Waals surface area contributed by atoms with E-state index < -0.39 is 0 Å². The third-order valence-corrected chi connectivity index (χ3v) is 5.01. The Labute approximate surface area is 133 Å². The van der Waals surface area contributed by atoms with E-state index in [0.29, 0.717) is 0 Å². The average Bonchev–Trinajstić information content (AvgIpc) is 2.46. The summed E-state index contributed by atoms with van der Waals surface area (Å²) in [6, 6.07) is 19.3. The number of halogens is 3. The molecule has 0 aliphatic heterocycles. The second-order valence-electron chi connectivity index (χ2n) is 4.60. The van der Waals surface area contributed by atoms with Gasteiger partial charge in [-0.2, -0.15) is 0 Å². The van der Waals surface area contributed by atoms with Crippen molar-refractivity contribution in [2.24, 2.45) is 0 Å². The molecular formula is C17H11Br2F. The quantitative estimate of drug-likeness (QED) is 0.453. The highest BCUT2D eigenvalue weighted by Gasteiger charge is 2.16. The summed E-state index contributed by atoms with van der Waals surface area (Å²) in [4.78, 5) is 0.0172. The Morgan fingerprint density at radius 3 is 2.40 bits per heavy atom. The van der Waals surface area contributed by atoms with Gasteiger partial charge in [0.1, 0.15) is 5.82 Å². The van der Waals surface area contributed by atoms with E-state index in [2.05, 4.69) is 56.1 Å². The molecular weight excluding hydrogens is 383 g/mol. The molecule has 0 N–H and O–H groups in total. The van der Waals surface area contributed by atoms with Crippen molar-refractivity contribution in [1.82, 2.24) is 0 Å². The van der Waals surface area contributed by atoms with Crippen LogP contribution in [0, 0.1) is 5.82 Å². The SMILES string of the molecule is Fc1ccc(C(Br)c2cccc3ccccc23)c(Br)c1. The van der Waals surface area contributed by atoms with Crippen LogP contribution in [0.5, 0.6) is 0 Å². The summed E-state index contributed by atoms with van der Waals surface area (Å²) in [5.41, 5.74) is 2.19. The van der Waals surface area contributed by atoms with E-state index in [1.807, 2.05) is 18.2 Å². The molecule has 1 unspecified atom stereocenters. The maximum atomic E-state index is 13.2. The Morgan fingerprint density at radius 1 is 0.850 bits per heavy atom. The molecule has 3 aromatic rings. The number of fused-ring (bicyclic) bond motifs is 1. The highest BCUT2D eigenvalue weighted by Crippen LogP contribution is 2.38. The smallest absolute Gasteiger partial charge is 0.124 e. The number of benzene rings is 3. The Morgan fingerprint density at radius 2 is 1.60 bits per heavy atom. The van der Waals surface area contributed by atoms with Crippen LogP contribution in [0.25, 0.3) is 10.8 Å². The second-order valence-corrected chi connectivity index (χ2v) is 6.37. The van der Waals surface area contributed by atoms with Crippen molar-refractivity contribution in [2.45, 2.75) is 4.83 Å². The number of rotatable bonds is 2. The van der Waals surface area contributed by atoms with Gasteiger partial charge in [-0.3, -0.25) is 0 Å². The van der Waals surface area contributed by atoms with Gasteiger partial charge in [0.05, 0.1) is 4.83 Å². The first-order valence-electron chi connectivity index (χ1n) is 6.23. The van der Waals surface area contributed by atoms with Crippen LogP contribution in [0.4, 0.5) is 4.39 Å². The minimum Gasteiger partial charge on any atom is -0.207 e. The summed E-state index contributed by atoms with van der Waals surface area (Å²) in [5, 5.41) is 2.40. The first-order valence-corrected chi connectivity index (χ1v) is 7.94. The predicted molar refractivity (Wildman–Crippen MR) is 88.8 cm³/mol. The molecule has 0 aromatic heterocycles. The molecule has 0 amide bonds. The summed E-state index contributed by atoms with van der Waals surface area (Å²) >= 11 is 7.18. The summed E-state index contributed by atoms with van der Waals surface area (Å²) in [6.45, 7) is 0. The van der Waals surface area contributed by atoms with Crippen LogP contribution in [0.3, 0.4) is 0 Å². The van der Waals surface area contributed by atoms with Gasteiger partial charge in [0.15, 0.2) is 0 Å². The number of alkyl halides is 1. The average molecular weight is 394 g/mol. The van der Waals surface area contributed by atoms with Crippen LogP contribution in [-0.4, -0.2) is 0 Å². The van der Waals surface area contributed by atoms with Crippen molar-refractivity contribution >= 4 is 42.6 Å². The lowest BCUT2D eigenvalue weighted by atomic mass is 9.98. The normalized spacial score (nSPS) is 12.6. The molecule has 0 aliphatic carbocycles. The van der Waals surface area contributed by atoms with Crippen LogP contribution in [0.15, 0.2) is 65.1 Å². The topological polar surface area (TPSA) is 0 Å². The van der Waals surface area contributed by atoms with Crippen molar-refractivity contribution in [2.75, 3.05) is 0 Å². The lowest BCUT2D eigenvalue weighted by Crippen LogP contribution is -1.96. The molecule has 0 nitrogen and oxygen atoms in total. The summed E-state index contributed by atoms with van der Waals surface area (Å²) in [7, 11) is 0. The van der Waals surface area contributed by atoms with Gasteiger partial charge in [-0.1, -0.05) is 80.4 Å². The van der Waals surface area contributed by atoms with E-state index in [1.54, 1.807) is 6.07 Å². The van der Waals surface area contributed by atoms with Crippen molar-refractivity contribution in [3.63, 3.8) is 0 Å². The molecule has 0 spiro atoms. The van der Waals surface area contributed by atoms with Gasteiger partial charge in [0.2, 0.25) is 0 Å². The fourth-order valence-electron chi connectivity index (χ4n) is 2.35. The van der Waals surface area contributed by atoms with Crippen molar-refractivity contribution < 1.29 is 4.39 Å². The first-order chi connectivity index (χ1) is 9.66. The molecule has 3 rings (SSSR count). The lowest BCUT2D eigenvalue weighted by Gasteiger charge is -2.15. The van der Waals surface area contributed by atoms with Crippen LogP contribution >= 0.6 is 31.9 Å². The zero-order valence-corrected chi connectivity index (χ0v) is 13.7. The Kier molecular flexibility index (Phi) is 3.90. The Hall–Kier alpha value is -1.19. The monoisotopic (exact) mass is 392 g/mol. The lowest BCUT2D eigenvalue weighted by molar-refractivity contribution is 0.626. The molecule has 0 saturated heterocycles. The molecule has 0 fully saturated rings. The minimum absolute atomic E-state index is 0.0172. The van der Waals surface area contributed by atoms with Crippen molar-refractivity contribution in [3.05, 3.63) is 82.1 Å². The molecule has 0 saturated carbocycles. The van der Waals surface area contributed by atoms with Gasteiger partial charge >= 0.3 is 0 Å². The van der Waals surface area contributed by atoms with E-state index in [0.717, 1.165) is 10.0 Å². The molecule has 0 radical (unpaired) electrons. The highest BCUT2D eigenvalue weighted by atomic mass is 79.9. The van der Waals surface area contributed by atoms with Gasteiger partial charge < -0.3 is 0 Å². The standard InChI is InChI=1S/C17H11Br2F/c18-16-10-12(20)8-9-15(16)17(19)14-7-3-5-11-4-1-2-6-13(11)14/h1-10,17H. The summed E-state index contributed by atoms with van der Waals surface area (Å²) in [5.74, 6) is -0.238. The fraction of sp³-hybridized carbons (Fsp3) is 0.0588. The Bertz CT molecular complexity index is 763. The minimum atomic E-state index is -0.238. The highest BCUT2D eigenvalue weighted by molar-refractivity contribution is 9.11.